The van der Waals surface area contributed by atoms with E-state index >= 15 is 0 Å². The highest BCUT2D eigenvalue weighted by atomic mass is 79.9. The standard InChI is InChI=1S/C7H9BrN2S/c8-6-4-11-7(10-6)5-2-1-3-9-5/h4-5,9H,1-3H2/i1D2,2D2,3D2,4D,5D. The topological polar surface area (TPSA) is 24.9 Å². The van der Waals surface area contributed by atoms with Crippen molar-refractivity contribution in [3.63, 3.8) is 0 Å². The molecule has 1 N–H and O–H groups in total. The number of aromatic nitrogens is 1. The molecule has 1 atom stereocenters. The molecule has 4 heteroatoms. The molecular formula is C7H9BrN2S. The van der Waals surface area contributed by atoms with E-state index in [1.54, 1.807) is 0 Å². The lowest BCUT2D eigenvalue weighted by Crippen LogP contribution is -2.12. The number of hydrogen-bond acceptors (Lipinski definition) is 3. The van der Waals surface area contributed by atoms with Crippen LogP contribution in [0.4, 0.5) is 0 Å². The molecule has 0 radical (unpaired) electrons. The number of nitrogens with one attached hydrogen (secondary N) is 1. The van der Waals surface area contributed by atoms with Crippen molar-refractivity contribution in [2.24, 2.45) is 0 Å². The van der Waals surface area contributed by atoms with Crippen LogP contribution in [-0.2, 0) is 0 Å². The molecule has 2 nitrogen and oxygen atoms in total. The van der Waals surface area contributed by atoms with Crippen LogP contribution in [0.1, 0.15) is 34.7 Å². The van der Waals surface area contributed by atoms with E-state index in [9.17, 15) is 0 Å². The summed E-state index contributed by atoms with van der Waals surface area (Å²) in [4.78, 5) is 3.82. The SMILES string of the molecule is [2H]c1sc(C2([2H])NC([2H])([2H])C([2H])([2H])C2([2H])[2H])nc1Br. The first kappa shape index (κ1) is 2.79. The Morgan fingerprint density at radius 3 is 3.55 bits per heavy atom. The molecule has 1 aromatic rings. The van der Waals surface area contributed by atoms with E-state index in [-0.39, 0.29) is 15.0 Å². The molecule has 1 saturated heterocycles. The summed E-state index contributed by atoms with van der Waals surface area (Å²) in [6.45, 7) is -2.72. The summed E-state index contributed by atoms with van der Waals surface area (Å²) in [5.74, 6) is 0. The molecular weight excluding hydrogens is 224 g/mol. The lowest BCUT2D eigenvalue weighted by Gasteiger charge is -2.03. The van der Waals surface area contributed by atoms with Crippen molar-refractivity contribution in [2.75, 3.05) is 6.50 Å². The second-order valence-corrected chi connectivity index (χ2v) is 3.33. The van der Waals surface area contributed by atoms with Crippen LogP contribution in [0.2, 0.25) is 0 Å². The molecule has 0 bridgehead atoms. The van der Waals surface area contributed by atoms with Crippen molar-refractivity contribution in [1.29, 1.82) is 0 Å². The molecule has 11 heavy (non-hydrogen) atoms. The third kappa shape index (κ3) is 1.63. The molecule has 1 aliphatic heterocycles. The van der Waals surface area contributed by atoms with Crippen molar-refractivity contribution in [1.82, 2.24) is 10.3 Å². The predicted molar refractivity (Wildman–Crippen MR) is 49.8 cm³/mol. The first-order chi connectivity index (χ1) is 8.37. The molecule has 1 unspecified atom stereocenters. The minimum atomic E-state index is -2.91. The van der Waals surface area contributed by atoms with Crippen LogP contribution in [0.3, 0.4) is 0 Å². The van der Waals surface area contributed by atoms with Gasteiger partial charge in [-0.1, -0.05) is 0 Å². The summed E-state index contributed by atoms with van der Waals surface area (Å²) in [7, 11) is 0. The maximum absolute atomic E-state index is 8.12. The molecule has 1 aromatic heterocycles. The van der Waals surface area contributed by atoms with Crippen molar-refractivity contribution in [2.45, 2.75) is 18.8 Å². The summed E-state index contributed by atoms with van der Waals surface area (Å²) in [5, 5.41) is 1.81. The molecule has 1 fully saturated rings. The van der Waals surface area contributed by atoms with E-state index in [0.29, 0.717) is 11.3 Å². The van der Waals surface area contributed by atoms with Crippen LogP contribution < -0.4 is 5.32 Å². The fourth-order valence-electron chi connectivity index (χ4n) is 0.658. The smallest absolute Gasteiger partial charge is 0.117 e. The summed E-state index contributed by atoms with van der Waals surface area (Å²) >= 11 is 3.67. The van der Waals surface area contributed by atoms with Gasteiger partial charge in [0.15, 0.2) is 0 Å². The summed E-state index contributed by atoms with van der Waals surface area (Å²) in [6.07, 6.45) is -5.77. The molecule has 1 aliphatic rings. The second-order valence-electron chi connectivity index (χ2n) is 1.79. The van der Waals surface area contributed by atoms with E-state index in [0.717, 1.165) is 0 Å². The average Bonchev–Trinajstić information content (AvgIpc) is 2.61. The van der Waals surface area contributed by atoms with E-state index in [4.69, 9.17) is 11.0 Å². The third-order valence-electron chi connectivity index (χ3n) is 1.08. The van der Waals surface area contributed by atoms with Crippen LogP contribution in [0.5, 0.6) is 0 Å². The first-order valence-electron chi connectivity index (χ1n) is 6.79. The normalized spacial score (nSPS) is 55.4. The van der Waals surface area contributed by atoms with E-state index in [1.165, 1.54) is 0 Å². The highest BCUT2D eigenvalue weighted by Gasteiger charge is 2.18. The zero-order valence-corrected chi connectivity index (χ0v) is 7.64. The Hall–Kier alpha value is 0.0700. The number of halogens is 1. The Bertz CT molecular complexity index is 512. The van der Waals surface area contributed by atoms with Crippen LogP contribution in [0.25, 0.3) is 0 Å². The van der Waals surface area contributed by atoms with Crippen molar-refractivity contribution < 1.29 is 11.0 Å². The second kappa shape index (κ2) is 3.21. The first-order valence-corrected chi connectivity index (χ1v) is 4.40. The van der Waals surface area contributed by atoms with Crippen LogP contribution in [0.15, 0.2) is 9.96 Å². The Kier molecular flexibility index (Phi) is 0.813. The monoisotopic (exact) mass is 240 g/mol. The van der Waals surface area contributed by atoms with Crippen molar-refractivity contribution in [3.05, 3.63) is 15.0 Å². The fraction of sp³-hybridized carbons (Fsp3) is 0.571. The van der Waals surface area contributed by atoms with Crippen LogP contribution in [0, 0.1) is 0 Å². The van der Waals surface area contributed by atoms with Gasteiger partial charge in [-0.15, -0.1) is 11.3 Å². The van der Waals surface area contributed by atoms with Crippen molar-refractivity contribution >= 4 is 27.3 Å². The number of nitrogens with zero attached hydrogens (tertiary/aromatic N) is 1. The maximum Gasteiger partial charge on any atom is 0.117 e. The third-order valence-corrected chi connectivity index (χ3v) is 2.51. The lowest BCUT2D eigenvalue weighted by atomic mass is 10.2. The summed E-state index contributed by atoms with van der Waals surface area (Å²) < 4.78 is 61.7. The van der Waals surface area contributed by atoms with Crippen LogP contribution in [-0.4, -0.2) is 11.5 Å². The average molecular weight is 241 g/mol. The van der Waals surface area contributed by atoms with Gasteiger partial charge in [-0.2, -0.15) is 0 Å². The summed E-state index contributed by atoms with van der Waals surface area (Å²) in [6, 6.07) is -2.40. The van der Waals surface area contributed by atoms with Gasteiger partial charge < -0.3 is 5.32 Å². The van der Waals surface area contributed by atoms with Gasteiger partial charge in [0.05, 0.1) is 8.76 Å². The van der Waals surface area contributed by atoms with Gasteiger partial charge in [0, 0.05) is 13.6 Å². The summed E-state index contributed by atoms with van der Waals surface area (Å²) in [5.41, 5.74) is 0. The van der Waals surface area contributed by atoms with Gasteiger partial charge in [-0.05, 0) is 35.2 Å². The molecule has 2 heterocycles. The zero-order chi connectivity index (χ0) is 14.9. The Morgan fingerprint density at radius 2 is 3.00 bits per heavy atom. The minimum Gasteiger partial charge on any atom is -0.308 e. The van der Waals surface area contributed by atoms with E-state index in [2.05, 4.69) is 20.9 Å². The molecule has 0 aliphatic carbocycles. The molecule has 0 amide bonds. The molecule has 0 saturated carbocycles. The Balaban J connectivity index is 2.62. The fourth-order valence-corrected chi connectivity index (χ4v) is 1.76. The molecule has 2 rings (SSSR count). The maximum atomic E-state index is 8.12. The van der Waals surface area contributed by atoms with E-state index in [1.807, 2.05) is 5.32 Å². The van der Waals surface area contributed by atoms with Crippen LogP contribution >= 0.6 is 27.3 Å². The number of rotatable bonds is 1. The van der Waals surface area contributed by atoms with Gasteiger partial charge in [0.1, 0.15) is 9.61 Å². The predicted octanol–water partition coefficient (Wildman–Crippen LogP) is 2.33. The van der Waals surface area contributed by atoms with Gasteiger partial charge in [0.2, 0.25) is 0 Å². The van der Waals surface area contributed by atoms with Gasteiger partial charge >= 0.3 is 0 Å². The van der Waals surface area contributed by atoms with Gasteiger partial charge in [-0.3, -0.25) is 0 Å². The molecule has 0 aromatic carbocycles. The minimum absolute atomic E-state index is 0.0350. The highest BCUT2D eigenvalue weighted by molar-refractivity contribution is 9.10. The molecule has 60 valence electrons. The quantitative estimate of drug-likeness (QED) is 0.816. The van der Waals surface area contributed by atoms with Crippen molar-refractivity contribution in [3.8, 4) is 0 Å². The largest absolute Gasteiger partial charge is 0.308 e. The highest BCUT2D eigenvalue weighted by Crippen LogP contribution is 2.27. The number of thiazole rings is 1. The Labute approximate surface area is 89.4 Å². The zero-order valence-electron chi connectivity index (χ0n) is 13.2. The lowest BCUT2D eigenvalue weighted by molar-refractivity contribution is 0.642. The number of hydrogen-bond donors (Lipinski definition) is 1. The van der Waals surface area contributed by atoms with E-state index < -0.39 is 25.3 Å². The van der Waals surface area contributed by atoms with Gasteiger partial charge in [-0.25, -0.2) is 4.98 Å². The Morgan fingerprint density at radius 1 is 2.09 bits per heavy atom. The van der Waals surface area contributed by atoms with Gasteiger partial charge in [0.25, 0.3) is 0 Å². The molecule has 0 spiro atoms.